The molecule has 0 unspecified atom stereocenters. The molecule has 0 saturated carbocycles. The molecule has 4 nitrogen and oxygen atoms in total. The summed E-state index contributed by atoms with van der Waals surface area (Å²) in [5, 5.41) is 0. The number of benzene rings is 1. The highest BCUT2D eigenvalue weighted by Crippen LogP contribution is 2.08. The second-order valence-electron chi connectivity index (χ2n) is 3.27. The molecule has 0 saturated heterocycles. The summed E-state index contributed by atoms with van der Waals surface area (Å²) in [5.74, 6) is -0.469. The molecule has 0 radical (unpaired) electrons. The first-order chi connectivity index (χ1) is 8.27. The molecule has 2 rings (SSSR count). The number of aliphatic imine (C=N–C) groups is 1. The fourth-order valence-corrected chi connectivity index (χ4v) is 1.27. The van der Waals surface area contributed by atoms with Gasteiger partial charge >= 0.3 is 5.63 Å². The van der Waals surface area contributed by atoms with Crippen molar-refractivity contribution in [1.29, 1.82) is 0 Å². The lowest BCUT2D eigenvalue weighted by Crippen LogP contribution is -2.13. The van der Waals surface area contributed by atoms with Crippen LogP contribution in [0, 0.1) is 0 Å². The fourth-order valence-electron chi connectivity index (χ4n) is 1.27. The van der Waals surface area contributed by atoms with Crippen molar-refractivity contribution in [1.82, 2.24) is 0 Å². The minimum absolute atomic E-state index is 0.0211. The molecule has 1 aromatic heterocycles. The summed E-state index contributed by atoms with van der Waals surface area (Å²) in [7, 11) is 0. The van der Waals surface area contributed by atoms with Crippen LogP contribution in [0.5, 0.6) is 0 Å². The third kappa shape index (κ3) is 2.75. The van der Waals surface area contributed by atoms with E-state index in [1.54, 1.807) is 12.1 Å². The Morgan fingerprint density at radius 2 is 1.88 bits per heavy atom. The number of hydrogen-bond acceptors (Lipinski definition) is 4. The van der Waals surface area contributed by atoms with Crippen molar-refractivity contribution in [2.75, 3.05) is 0 Å². The first-order valence-corrected chi connectivity index (χ1v) is 4.98. The van der Waals surface area contributed by atoms with Gasteiger partial charge in [0.1, 0.15) is 5.56 Å². The van der Waals surface area contributed by atoms with Gasteiger partial charge in [-0.1, -0.05) is 18.2 Å². The lowest BCUT2D eigenvalue weighted by molar-refractivity contribution is 0.106. The summed E-state index contributed by atoms with van der Waals surface area (Å²) in [6.45, 7) is 0. The highest BCUT2D eigenvalue weighted by Gasteiger charge is 2.07. The van der Waals surface area contributed by atoms with Gasteiger partial charge < -0.3 is 4.42 Å². The number of carbonyl (C=O) groups is 1. The Bertz CT molecular complexity index is 599. The smallest absolute Gasteiger partial charge is 0.346 e. The van der Waals surface area contributed by atoms with E-state index in [0.29, 0.717) is 5.69 Å². The van der Waals surface area contributed by atoms with Gasteiger partial charge in [-0.25, -0.2) is 4.79 Å². The average Bonchev–Trinajstić information content (AvgIpc) is 2.38. The van der Waals surface area contributed by atoms with Crippen LogP contribution >= 0.6 is 0 Å². The van der Waals surface area contributed by atoms with Crippen LogP contribution in [0.15, 0.2) is 62.9 Å². The number of Topliss-reactive ketones (excluding diaryl/α,β-unsaturated/α-hetero) is 1. The molecule has 0 bridgehead atoms. The van der Waals surface area contributed by atoms with Gasteiger partial charge in [0.2, 0.25) is 5.78 Å². The first kappa shape index (κ1) is 11.0. The van der Waals surface area contributed by atoms with Crippen molar-refractivity contribution < 1.29 is 9.21 Å². The van der Waals surface area contributed by atoms with Crippen LogP contribution in [-0.4, -0.2) is 12.0 Å². The Labute approximate surface area is 97.2 Å². The van der Waals surface area contributed by atoms with Crippen molar-refractivity contribution in [2.24, 2.45) is 4.99 Å². The van der Waals surface area contributed by atoms with E-state index in [9.17, 15) is 9.59 Å². The summed E-state index contributed by atoms with van der Waals surface area (Å²) in [6.07, 6.45) is 2.34. The zero-order valence-corrected chi connectivity index (χ0v) is 8.87. The monoisotopic (exact) mass is 227 g/mol. The normalized spacial score (nSPS) is 10.6. The molecule has 1 heterocycles. The maximum absolute atomic E-state index is 11.6. The van der Waals surface area contributed by atoms with Crippen LogP contribution in [0.2, 0.25) is 0 Å². The van der Waals surface area contributed by atoms with E-state index in [2.05, 4.69) is 9.41 Å². The largest absolute Gasteiger partial charge is 0.431 e. The predicted octanol–water partition coefficient (Wildman–Crippen LogP) is 2.22. The number of para-hydroxylation sites is 1. The Balaban J connectivity index is 2.21. The summed E-state index contributed by atoms with van der Waals surface area (Å²) < 4.78 is 4.59. The summed E-state index contributed by atoms with van der Waals surface area (Å²) in [5.41, 5.74) is -0.0228. The minimum atomic E-state index is -0.656. The van der Waals surface area contributed by atoms with Crippen LogP contribution in [0.3, 0.4) is 0 Å². The van der Waals surface area contributed by atoms with Gasteiger partial charge in [0.15, 0.2) is 0 Å². The summed E-state index contributed by atoms with van der Waals surface area (Å²) in [6, 6.07) is 11.9. The fraction of sp³-hybridized carbons (Fsp3) is 0. The zero-order valence-electron chi connectivity index (χ0n) is 8.87. The third-order valence-corrected chi connectivity index (χ3v) is 2.09. The van der Waals surface area contributed by atoms with Crippen LogP contribution in [0.25, 0.3) is 0 Å². The number of carbonyl (C=O) groups excluding carboxylic acids is 1. The van der Waals surface area contributed by atoms with Gasteiger partial charge in [-0.05, 0) is 24.3 Å². The maximum atomic E-state index is 11.6. The molecule has 0 fully saturated rings. The van der Waals surface area contributed by atoms with Gasteiger partial charge in [0.05, 0.1) is 18.2 Å². The standard InChI is InChI=1S/C13H9NO3/c15-12(11-7-4-8-17-13(11)16)9-14-10-5-2-1-3-6-10/h1-9H. The Morgan fingerprint density at radius 1 is 1.12 bits per heavy atom. The van der Waals surface area contributed by atoms with Crippen molar-refractivity contribution in [3.8, 4) is 0 Å². The average molecular weight is 227 g/mol. The second-order valence-corrected chi connectivity index (χ2v) is 3.27. The van der Waals surface area contributed by atoms with Gasteiger partial charge in [0, 0.05) is 0 Å². The molecule has 17 heavy (non-hydrogen) atoms. The molecular formula is C13H9NO3. The van der Waals surface area contributed by atoms with Crippen molar-refractivity contribution in [3.05, 3.63) is 64.7 Å². The first-order valence-electron chi connectivity index (χ1n) is 4.98. The lowest BCUT2D eigenvalue weighted by atomic mass is 10.2. The molecule has 0 aliphatic rings. The van der Waals surface area contributed by atoms with Crippen molar-refractivity contribution >= 4 is 17.7 Å². The number of rotatable bonds is 3. The Kier molecular flexibility index (Phi) is 3.25. The van der Waals surface area contributed by atoms with E-state index in [1.807, 2.05) is 18.2 Å². The van der Waals surface area contributed by atoms with Crippen LogP contribution < -0.4 is 5.63 Å². The SMILES string of the molecule is O=C(C=Nc1ccccc1)c1cccoc1=O. The van der Waals surface area contributed by atoms with Crippen LogP contribution in [0.1, 0.15) is 10.4 Å². The van der Waals surface area contributed by atoms with Crippen molar-refractivity contribution in [3.63, 3.8) is 0 Å². The van der Waals surface area contributed by atoms with Gasteiger partial charge in [0.25, 0.3) is 0 Å². The molecule has 4 heteroatoms. The number of nitrogens with zero attached hydrogens (tertiary/aromatic N) is 1. The molecule has 0 amide bonds. The van der Waals surface area contributed by atoms with E-state index in [1.165, 1.54) is 18.4 Å². The van der Waals surface area contributed by atoms with Crippen LogP contribution in [0.4, 0.5) is 5.69 Å². The Hall–Kier alpha value is -2.49. The van der Waals surface area contributed by atoms with E-state index in [-0.39, 0.29) is 5.56 Å². The number of ketones is 1. The van der Waals surface area contributed by atoms with E-state index in [0.717, 1.165) is 6.21 Å². The lowest BCUT2D eigenvalue weighted by Gasteiger charge is -1.92. The molecule has 84 valence electrons. The molecule has 0 spiro atoms. The Morgan fingerprint density at radius 3 is 2.59 bits per heavy atom. The maximum Gasteiger partial charge on any atom is 0.346 e. The third-order valence-electron chi connectivity index (χ3n) is 2.09. The molecule has 0 aliphatic carbocycles. The number of hydrogen-bond donors (Lipinski definition) is 0. The topological polar surface area (TPSA) is 59.6 Å². The van der Waals surface area contributed by atoms with Crippen LogP contribution in [-0.2, 0) is 0 Å². The molecule has 0 aliphatic heterocycles. The molecular weight excluding hydrogens is 218 g/mol. The molecule has 0 N–H and O–H groups in total. The molecule has 2 aromatic rings. The second kappa shape index (κ2) is 5.03. The summed E-state index contributed by atoms with van der Waals surface area (Å²) in [4.78, 5) is 26.8. The molecule has 1 aromatic carbocycles. The molecule has 0 atom stereocenters. The van der Waals surface area contributed by atoms with Gasteiger partial charge in [-0.3, -0.25) is 9.79 Å². The quantitative estimate of drug-likeness (QED) is 0.596. The minimum Gasteiger partial charge on any atom is -0.431 e. The van der Waals surface area contributed by atoms with Crippen molar-refractivity contribution in [2.45, 2.75) is 0 Å². The predicted molar refractivity (Wildman–Crippen MR) is 63.9 cm³/mol. The summed E-state index contributed by atoms with van der Waals surface area (Å²) >= 11 is 0. The highest BCUT2D eigenvalue weighted by atomic mass is 16.4. The highest BCUT2D eigenvalue weighted by molar-refractivity contribution is 6.35. The zero-order chi connectivity index (χ0) is 12.1. The van der Waals surface area contributed by atoms with E-state index < -0.39 is 11.4 Å². The van der Waals surface area contributed by atoms with Gasteiger partial charge in [-0.2, -0.15) is 0 Å². The van der Waals surface area contributed by atoms with E-state index in [4.69, 9.17) is 0 Å². The van der Waals surface area contributed by atoms with Gasteiger partial charge in [-0.15, -0.1) is 0 Å². The van der Waals surface area contributed by atoms with E-state index >= 15 is 0 Å².